The Kier molecular flexibility index (Phi) is 7.31. The summed E-state index contributed by atoms with van der Waals surface area (Å²) in [7, 11) is 0. The molecule has 1 fully saturated rings. The average Bonchev–Trinajstić information content (AvgIpc) is 3.56. The molecule has 35 heavy (non-hydrogen) atoms. The summed E-state index contributed by atoms with van der Waals surface area (Å²) in [5.41, 5.74) is 0.823. The summed E-state index contributed by atoms with van der Waals surface area (Å²) >= 11 is 1.65. The fourth-order valence-corrected chi connectivity index (χ4v) is 4.91. The van der Waals surface area contributed by atoms with E-state index >= 15 is 0 Å². The van der Waals surface area contributed by atoms with E-state index in [0.717, 1.165) is 48.3 Å². The zero-order valence-electron chi connectivity index (χ0n) is 20.2. The molecule has 4 heterocycles. The third-order valence-electron chi connectivity index (χ3n) is 6.22. The lowest BCUT2D eigenvalue weighted by Gasteiger charge is -2.34. The second kappa shape index (κ2) is 10.8. The van der Waals surface area contributed by atoms with E-state index in [9.17, 15) is 4.79 Å². The SMILES string of the molecule is CC(C)c1noc(CN2CCN(CC(=O)N(Cc3cccs3)c3ccc4c(c3)OCCO4)CC2)n1. The van der Waals surface area contributed by atoms with Crippen LogP contribution in [0.1, 0.15) is 36.4 Å². The number of anilines is 1. The first kappa shape index (κ1) is 23.8. The molecule has 2 aliphatic heterocycles. The van der Waals surface area contributed by atoms with Crippen LogP contribution in [0.25, 0.3) is 0 Å². The molecule has 3 aromatic rings. The molecule has 0 unspecified atom stereocenters. The number of hydrogen-bond acceptors (Lipinski definition) is 9. The van der Waals surface area contributed by atoms with E-state index < -0.39 is 0 Å². The Morgan fingerprint density at radius 3 is 2.57 bits per heavy atom. The number of carbonyl (C=O) groups is 1. The number of rotatable bonds is 8. The Labute approximate surface area is 209 Å². The van der Waals surface area contributed by atoms with Crippen LogP contribution in [0.4, 0.5) is 5.69 Å². The zero-order chi connectivity index (χ0) is 24.2. The molecule has 10 heteroatoms. The van der Waals surface area contributed by atoms with Crippen molar-refractivity contribution in [3.8, 4) is 11.5 Å². The van der Waals surface area contributed by atoms with E-state index in [4.69, 9.17) is 14.0 Å². The third kappa shape index (κ3) is 5.83. The first-order chi connectivity index (χ1) is 17.0. The largest absolute Gasteiger partial charge is 0.486 e. The highest BCUT2D eigenvalue weighted by Crippen LogP contribution is 2.34. The van der Waals surface area contributed by atoms with Gasteiger partial charge in [0.2, 0.25) is 11.8 Å². The van der Waals surface area contributed by atoms with Gasteiger partial charge in [0.05, 0.1) is 19.6 Å². The Morgan fingerprint density at radius 2 is 1.86 bits per heavy atom. The summed E-state index contributed by atoms with van der Waals surface area (Å²) < 4.78 is 16.8. The molecule has 0 radical (unpaired) electrons. The Balaban J connectivity index is 1.21. The van der Waals surface area contributed by atoms with Crippen molar-refractivity contribution in [3.05, 3.63) is 52.3 Å². The molecule has 1 aromatic carbocycles. The second-order valence-electron chi connectivity index (χ2n) is 9.14. The number of ether oxygens (including phenoxy) is 2. The van der Waals surface area contributed by atoms with Gasteiger partial charge in [-0.25, -0.2) is 0 Å². The second-order valence-corrected chi connectivity index (χ2v) is 10.2. The number of amides is 1. The van der Waals surface area contributed by atoms with Crippen molar-refractivity contribution in [2.45, 2.75) is 32.9 Å². The van der Waals surface area contributed by atoms with Crippen LogP contribution in [0, 0.1) is 0 Å². The summed E-state index contributed by atoms with van der Waals surface area (Å²) in [6.07, 6.45) is 0. The molecule has 186 valence electrons. The van der Waals surface area contributed by atoms with Gasteiger partial charge in [0, 0.05) is 48.7 Å². The van der Waals surface area contributed by atoms with Gasteiger partial charge >= 0.3 is 0 Å². The maximum absolute atomic E-state index is 13.5. The molecule has 5 rings (SSSR count). The van der Waals surface area contributed by atoms with Gasteiger partial charge in [-0.15, -0.1) is 11.3 Å². The number of aromatic nitrogens is 2. The van der Waals surface area contributed by atoms with Gasteiger partial charge in [-0.3, -0.25) is 14.6 Å². The van der Waals surface area contributed by atoms with Gasteiger partial charge in [-0.05, 0) is 23.6 Å². The standard InChI is InChI=1S/C25H31N5O4S/c1-18(2)25-26-23(34-27-25)16-28-7-9-29(10-8-28)17-24(31)30(15-20-4-3-13-35-20)19-5-6-21-22(14-19)33-12-11-32-21/h3-6,13-14,18H,7-12,15-17H2,1-2H3. The highest BCUT2D eigenvalue weighted by atomic mass is 32.1. The number of fused-ring (bicyclic) bond motifs is 1. The molecular formula is C25H31N5O4S. The van der Waals surface area contributed by atoms with Gasteiger partial charge in [0.25, 0.3) is 0 Å². The monoisotopic (exact) mass is 497 g/mol. The van der Waals surface area contributed by atoms with Crippen molar-refractivity contribution >= 4 is 22.9 Å². The molecule has 0 aliphatic carbocycles. The number of benzene rings is 1. The van der Waals surface area contributed by atoms with Gasteiger partial charge < -0.3 is 18.9 Å². The van der Waals surface area contributed by atoms with Crippen LogP contribution in [0.2, 0.25) is 0 Å². The topological polar surface area (TPSA) is 84.2 Å². The van der Waals surface area contributed by atoms with Crippen LogP contribution in [-0.4, -0.2) is 71.8 Å². The van der Waals surface area contributed by atoms with Gasteiger partial charge in [-0.2, -0.15) is 4.98 Å². The molecule has 0 saturated carbocycles. The minimum absolute atomic E-state index is 0.0713. The maximum Gasteiger partial charge on any atom is 0.241 e. The van der Waals surface area contributed by atoms with E-state index in [2.05, 4.69) is 39.9 Å². The predicted octanol–water partition coefficient (Wildman–Crippen LogP) is 3.38. The highest BCUT2D eigenvalue weighted by Gasteiger charge is 2.25. The smallest absolute Gasteiger partial charge is 0.241 e. The van der Waals surface area contributed by atoms with E-state index in [-0.39, 0.29) is 11.8 Å². The lowest BCUT2D eigenvalue weighted by molar-refractivity contribution is -0.120. The summed E-state index contributed by atoms with van der Waals surface area (Å²) in [5.74, 6) is 3.13. The van der Waals surface area contributed by atoms with Gasteiger partial charge in [0.1, 0.15) is 13.2 Å². The van der Waals surface area contributed by atoms with Crippen LogP contribution in [-0.2, 0) is 17.9 Å². The Bertz CT molecular complexity index is 1120. The number of thiophene rings is 1. The Hall–Kier alpha value is -2.95. The third-order valence-corrected chi connectivity index (χ3v) is 7.08. The molecule has 2 aromatic heterocycles. The Morgan fingerprint density at radius 1 is 1.09 bits per heavy atom. The fourth-order valence-electron chi connectivity index (χ4n) is 4.22. The van der Waals surface area contributed by atoms with Crippen LogP contribution < -0.4 is 14.4 Å². The minimum Gasteiger partial charge on any atom is -0.486 e. The van der Waals surface area contributed by atoms with Crippen molar-refractivity contribution < 1.29 is 18.8 Å². The van der Waals surface area contributed by atoms with Crippen LogP contribution in [0.15, 0.2) is 40.2 Å². The average molecular weight is 498 g/mol. The lowest BCUT2D eigenvalue weighted by atomic mass is 10.2. The number of nitrogens with zero attached hydrogens (tertiary/aromatic N) is 5. The normalized spacial score (nSPS) is 16.5. The molecule has 0 N–H and O–H groups in total. The summed E-state index contributed by atoms with van der Waals surface area (Å²) in [6, 6.07) is 9.81. The van der Waals surface area contributed by atoms with Crippen LogP contribution in [0.5, 0.6) is 11.5 Å². The lowest BCUT2D eigenvalue weighted by Crippen LogP contribution is -2.49. The zero-order valence-corrected chi connectivity index (χ0v) is 21.0. The molecule has 0 atom stereocenters. The number of piperazine rings is 1. The van der Waals surface area contributed by atoms with Crippen molar-refractivity contribution in [1.82, 2.24) is 19.9 Å². The first-order valence-electron chi connectivity index (χ1n) is 12.0. The van der Waals surface area contributed by atoms with E-state index in [1.807, 2.05) is 34.5 Å². The molecule has 2 aliphatic rings. The van der Waals surface area contributed by atoms with Crippen molar-refractivity contribution in [2.75, 3.05) is 50.8 Å². The van der Waals surface area contributed by atoms with E-state index in [1.165, 1.54) is 0 Å². The summed E-state index contributed by atoms with van der Waals surface area (Å²) in [5, 5.41) is 6.09. The predicted molar refractivity (Wildman–Crippen MR) is 133 cm³/mol. The highest BCUT2D eigenvalue weighted by molar-refractivity contribution is 7.09. The van der Waals surface area contributed by atoms with Crippen LogP contribution in [0.3, 0.4) is 0 Å². The van der Waals surface area contributed by atoms with Crippen LogP contribution >= 0.6 is 11.3 Å². The quantitative estimate of drug-likeness (QED) is 0.468. The van der Waals surface area contributed by atoms with Crippen molar-refractivity contribution in [3.63, 3.8) is 0 Å². The molecule has 1 amide bonds. The molecule has 0 bridgehead atoms. The first-order valence-corrected chi connectivity index (χ1v) is 12.9. The molecule has 0 spiro atoms. The number of carbonyl (C=O) groups excluding carboxylic acids is 1. The minimum atomic E-state index is 0.0713. The van der Waals surface area contributed by atoms with Crippen molar-refractivity contribution in [1.29, 1.82) is 0 Å². The summed E-state index contributed by atoms with van der Waals surface area (Å²) in [6.45, 7) is 10.0. The molecule has 9 nitrogen and oxygen atoms in total. The molecule has 1 saturated heterocycles. The maximum atomic E-state index is 13.5. The van der Waals surface area contributed by atoms with E-state index in [0.29, 0.717) is 44.5 Å². The summed E-state index contributed by atoms with van der Waals surface area (Å²) in [4.78, 5) is 25.5. The van der Waals surface area contributed by atoms with Gasteiger partial charge in [-0.1, -0.05) is 25.1 Å². The fraction of sp³-hybridized carbons (Fsp3) is 0.480. The van der Waals surface area contributed by atoms with E-state index in [1.54, 1.807) is 11.3 Å². The van der Waals surface area contributed by atoms with Gasteiger partial charge in [0.15, 0.2) is 17.3 Å². The number of hydrogen-bond donors (Lipinski definition) is 0. The molecular weight excluding hydrogens is 466 g/mol. The van der Waals surface area contributed by atoms with Crippen molar-refractivity contribution in [2.24, 2.45) is 0 Å².